The maximum Gasteiger partial charge on any atom is 0.230 e. The van der Waals surface area contributed by atoms with E-state index < -0.39 is 0 Å². The Morgan fingerprint density at radius 2 is 1.93 bits per heavy atom. The summed E-state index contributed by atoms with van der Waals surface area (Å²) in [4.78, 5) is 12.3. The first-order valence-corrected chi connectivity index (χ1v) is 9.89. The van der Waals surface area contributed by atoms with Crippen LogP contribution in [-0.2, 0) is 11.3 Å². The van der Waals surface area contributed by atoms with Crippen molar-refractivity contribution >= 4 is 34.2 Å². The Balaban J connectivity index is 1.47. The first kappa shape index (κ1) is 18.4. The summed E-state index contributed by atoms with van der Waals surface area (Å²) in [5.41, 5.74) is 4.36. The zero-order valence-electron chi connectivity index (χ0n) is 15.6. The van der Waals surface area contributed by atoms with E-state index in [-0.39, 0.29) is 17.5 Å². The second-order valence-electron chi connectivity index (χ2n) is 6.67. The molecule has 2 aromatic carbocycles. The molecule has 0 fully saturated rings. The highest BCUT2D eigenvalue weighted by Crippen LogP contribution is 2.25. The predicted molar refractivity (Wildman–Crippen MR) is 109 cm³/mol. The number of halogens is 1. The van der Waals surface area contributed by atoms with Crippen LogP contribution in [0.2, 0.25) is 0 Å². The van der Waals surface area contributed by atoms with Gasteiger partial charge in [-0.25, -0.2) is 4.39 Å². The van der Waals surface area contributed by atoms with Crippen LogP contribution < -0.4 is 5.32 Å². The molecule has 7 heteroatoms. The van der Waals surface area contributed by atoms with Gasteiger partial charge in [-0.2, -0.15) is 0 Å². The van der Waals surface area contributed by atoms with Gasteiger partial charge in [0.15, 0.2) is 10.8 Å². The minimum Gasteiger partial charge on any atom is -0.351 e. The number of benzene rings is 2. The number of thioether (sulfide) groups is 1. The van der Waals surface area contributed by atoms with Crippen LogP contribution in [0.15, 0.2) is 53.7 Å². The highest BCUT2D eigenvalue weighted by molar-refractivity contribution is 7.99. The van der Waals surface area contributed by atoms with E-state index in [2.05, 4.69) is 28.5 Å². The summed E-state index contributed by atoms with van der Waals surface area (Å²) < 4.78 is 15.3. The molecule has 142 valence electrons. The van der Waals surface area contributed by atoms with Crippen molar-refractivity contribution in [2.75, 3.05) is 5.75 Å². The van der Waals surface area contributed by atoms with Crippen LogP contribution in [0.1, 0.15) is 16.7 Å². The molecule has 0 radical (unpaired) electrons. The van der Waals surface area contributed by atoms with Crippen LogP contribution in [0.5, 0.6) is 0 Å². The molecule has 2 aromatic heterocycles. The second kappa shape index (κ2) is 7.59. The van der Waals surface area contributed by atoms with Crippen molar-refractivity contribution in [3.8, 4) is 0 Å². The first-order chi connectivity index (χ1) is 13.5. The van der Waals surface area contributed by atoms with Gasteiger partial charge in [0, 0.05) is 11.9 Å². The highest BCUT2D eigenvalue weighted by atomic mass is 32.2. The first-order valence-electron chi connectivity index (χ1n) is 8.91. The average Bonchev–Trinajstić information content (AvgIpc) is 3.10. The minimum absolute atomic E-state index is 0.111. The molecule has 4 rings (SSSR count). The maximum absolute atomic E-state index is 13.3. The highest BCUT2D eigenvalue weighted by Gasteiger charge is 2.13. The fraction of sp³-hybridized carbons (Fsp3) is 0.190. The summed E-state index contributed by atoms with van der Waals surface area (Å²) in [7, 11) is 0. The summed E-state index contributed by atoms with van der Waals surface area (Å²) in [6.07, 6.45) is 0. The van der Waals surface area contributed by atoms with Crippen LogP contribution in [-0.4, -0.2) is 26.3 Å². The fourth-order valence-corrected chi connectivity index (χ4v) is 3.95. The number of amides is 1. The molecule has 2 heterocycles. The number of carbonyl (C=O) groups is 1. The van der Waals surface area contributed by atoms with Crippen molar-refractivity contribution < 1.29 is 9.18 Å². The predicted octanol–water partition coefficient (Wildman–Crippen LogP) is 4.05. The van der Waals surface area contributed by atoms with Gasteiger partial charge >= 0.3 is 0 Å². The molecule has 0 aliphatic rings. The summed E-state index contributed by atoms with van der Waals surface area (Å²) in [5.74, 6) is -0.129. The number of rotatable bonds is 5. The summed E-state index contributed by atoms with van der Waals surface area (Å²) in [5, 5.41) is 13.2. The summed E-state index contributed by atoms with van der Waals surface area (Å²) >= 11 is 1.34. The lowest BCUT2D eigenvalue weighted by Crippen LogP contribution is -2.24. The largest absolute Gasteiger partial charge is 0.351 e. The normalized spacial score (nSPS) is 11.2. The number of aromatic nitrogens is 3. The Morgan fingerprint density at radius 1 is 1.11 bits per heavy atom. The molecule has 28 heavy (non-hydrogen) atoms. The second-order valence-corrected chi connectivity index (χ2v) is 7.61. The van der Waals surface area contributed by atoms with E-state index in [1.807, 2.05) is 28.7 Å². The van der Waals surface area contributed by atoms with E-state index in [1.54, 1.807) is 19.1 Å². The number of hydrogen-bond donors (Lipinski definition) is 1. The van der Waals surface area contributed by atoms with Gasteiger partial charge in [0.2, 0.25) is 5.91 Å². The van der Waals surface area contributed by atoms with E-state index in [9.17, 15) is 9.18 Å². The van der Waals surface area contributed by atoms with Gasteiger partial charge in [0.05, 0.1) is 11.3 Å². The van der Waals surface area contributed by atoms with Crippen molar-refractivity contribution in [3.63, 3.8) is 0 Å². The summed E-state index contributed by atoms with van der Waals surface area (Å²) in [6, 6.07) is 14.9. The lowest BCUT2D eigenvalue weighted by molar-refractivity contribution is -0.118. The van der Waals surface area contributed by atoms with E-state index in [0.29, 0.717) is 17.3 Å². The number of fused-ring (bicyclic) bond motifs is 3. The molecule has 0 saturated heterocycles. The number of para-hydroxylation sites is 1. The van der Waals surface area contributed by atoms with Crippen LogP contribution in [0, 0.1) is 19.7 Å². The third-order valence-electron chi connectivity index (χ3n) is 4.62. The van der Waals surface area contributed by atoms with Crippen molar-refractivity contribution in [3.05, 3.63) is 71.0 Å². The Hall–Kier alpha value is -2.93. The molecule has 0 aliphatic heterocycles. The van der Waals surface area contributed by atoms with Gasteiger partial charge in [-0.15, -0.1) is 10.2 Å². The fourth-order valence-electron chi connectivity index (χ4n) is 3.17. The quantitative estimate of drug-likeness (QED) is 0.519. The number of nitrogens with zero attached hydrogens (tertiary/aromatic N) is 3. The van der Waals surface area contributed by atoms with Gasteiger partial charge in [0.1, 0.15) is 5.82 Å². The molecule has 0 bridgehead atoms. The average molecular weight is 394 g/mol. The van der Waals surface area contributed by atoms with E-state index in [4.69, 9.17) is 0 Å². The van der Waals surface area contributed by atoms with Crippen molar-refractivity contribution in [2.45, 2.75) is 25.5 Å². The van der Waals surface area contributed by atoms with Gasteiger partial charge in [-0.3, -0.25) is 9.20 Å². The third-order valence-corrected chi connectivity index (χ3v) is 5.55. The Labute approximate surface area is 166 Å². The number of aryl methyl sites for hydroxylation is 2. The van der Waals surface area contributed by atoms with Gasteiger partial charge in [-0.05, 0) is 48.7 Å². The Kier molecular flexibility index (Phi) is 5.00. The lowest BCUT2D eigenvalue weighted by Gasteiger charge is -2.08. The molecular weight excluding hydrogens is 375 g/mol. The molecule has 0 unspecified atom stereocenters. The van der Waals surface area contributed by atoms with Crippen molar-refractivity contribution in [2.24, 2.45) is 0 Å². The topological polar surface area (TPSA) is 59.3 Å². The molecule has 0 aliphatic carbocycles. The standard InChI is InChI=1S/C21H19FN4OS/c1-13-10-19-24-25-21(26(19)18-6-4-3-5-16(13)18)28-12-20(27)23-11-15-7-8-17(22)14(2)9-15/h3-10H,11-12H2,1-2H3,(H,23,27). The zero-order valence-corrected chi connectivity index (χ0v) is 16.4. The molecular formula is C21H19FN4OS. The smallest absolute Gasteiger partial charge is 0.230 e. The number of hydrogen-bond acceptors (Lipinski definition) is 4. The van der Waals surface area contributed by atoms with E-state index >= 15 is 0 Å². The number of nitrogens with one attached hydrogen (secondary N) is 1. The van der Waals surface area contributed by atoms with Crippen LogP contribution in [0.3, 0.4) is 0 Å². The van der Waals surface area contributed by atoms with Gasteiger partial charge in [0.25, 0.3) is 0 Å². The van der Waals surface area contributed by atoms with E-state index in [1.165, 1.54) is 17.8 Å². The number of carbonyl (C=O) groups excluding carboxylic acids is 1. The minimum atomic E-state index is -0.244. The van der Waals surface area contributed by atoms with E-state index in [0.717, 1.165) is 27.7 Å². The molecule has 0 spiro atoms. The van der Waals surface area contributed by atoms with Crippen LogP contribution in [0.4, 0.5) is 4.39 Å². The third kappa shape index (κ3) is 3.57. The molecule has 0 saturated carbocycles. The SMILES string of the molecule is Cc1cc(CNC(=O)CSc2nnc3cc(C)c4ccccc4n23)ccc1F. The molecule has 1 N–H and O–H groups in total. The summed E-state index contributed by atoms with van der Waals surface area (Å²) in [6.45, 7) is 4.12. The molecule has 0 atom stereocenters. The van der Waals surface area contributed by atoms with Gasteiger partial charge < -0.3 is 5.32 Å². The Bertz CT molecular complexity index is 1190. The molecule has 1 amide bonds. The number of pyridine rings is 1. The van der Waals surface area contributed by atoms with Crippen LogP contribution in [0.25, 0.3) is 16.6 Å². The van der Waals surface area contributed by atoms with Crippen LogP contribution >= 0.6 is 11.8 Å². The molecule has 4 aromatic rings. The lowest BCUT2D eigenvalue weighted by atomic mass is 10.1. The van der Waals surface area contributed by atoms with Gasteiger partial charge in [-0.1, -0.05) is 42.1 Å². The van der Waals surface area contributed by atoms with Crippen molar-refractivity contribution in [1.29, 1.82) is 0 Å². The monoisotopic (exact) mass is 394 g/mol. The zero-order chi connectivity index (χ0) is 19.7. The Morgan fingerprint density at radius 3 is 2.75 bits per heavy atom. The molecule has 5 nitrogen and oxygen atoms in total. The van der Waals surface area contributed by atoms with Crippen molar-refractivity contribution in [1.82, 2.24) is 19.9 Å². The maximum atomic E-state index is 13.3.